The third-order valence-corrected chi connectivity index (χ3v) is 5.88. The van der Waals surface area contributed by atoms with Gasteiger partial charge in [0.05, 0.1) is 19.1 Å². The highest BCUT2D eigenvalue weighted by Crippen LogP contribution is 2.29. The molecule has 0 aliphatic rings. The van der Waals surface area contributed by atoms with Crippen LogP contribution in [0.25, 0.3) is 17.1 Å². The highest BCUT2D eigenvalue weighted by atomic mass is 35.5. The van der Waals surface area contributed by atoms with Gasteiger partial charge in [0.25, 0.3) is 5.91 Å². The van der Waals surface area contributed by atoms with Crippen LogP contribution in [-0.2, 0) is 4.79 Å². The minimum atomic E-state index is -0.295. The van der Waals surface area contributed by atoms with E-state index in [0.29, 0.717) is 16.0 Å². The summed E-state index contributed by atoms with van der Waals surface area (Å²) in [5.41, 5.74) is 4.90. The molecule has 4 aromatic rings. The van der Waals surface area contributed by atoms with Gasteiger partial charge in [0.2, 0.25) is 0 Å². The summed E-state index contributed by atoms with van der Waals surface area (Å²) in [7, 11) is 1.61. The molecule has 0 saturated carbocycles. The molecule has 0 aliphatic heterocycles. The van der Waals surface area contributed by atoms with Gasteiger partial charge in [-0.05, 0) is 78.4 Å². The number of nitrogens with one attached hydrogen (secondary N) is 1. The smallest absolute Gasteiger partial charge is 0.250 e. The summed E-state index contributed by atoms with van der Waals surface area (Å²) in [4.78, 5) is 12.3. The fraction of sp³-hybridized carbons (Fsp3) is 0.0833. The van der Waals surface area contributed by atoms with Gasteiger partial charge in [-0.3, -0.25) is 9.36 Å². The lowest BCUT2D eigenvalue weighted by molar-refractivity contribution is -0.118. The van der Waals surface area contributed by atoms with E-state index >= 15 is 0 Å². The predicted octanol–water partition coefficient (Wildman–Crippen LogP) is 4.54. The highest BCUT2D eigenvalue weighted by Gasteiger charge is 2.17. The van der Waals surface area contributed by atoms with Gasteiger partial charge in [0.1, 0.15) is 11.5 Å². The lowest BCUT2D eigenvalue weighted by Crippen LogP contribution is -2.20. The summed E-state index contributed by atoms with van der Waals surface area (Å²) in [5, 5.41) is 23.1. The van der Waals surface area contributed by atoms with Gasteiger partial charge in [-0.25, -0.2) is 5.43 Å². The van der Waals surface area contributed by atoms with E-state index in [0.717, 1.165) is 22.6 Å². The Hall–Kier alpha value is -3.82. The Kier molecular flexibility index (Phi) is 7.46. The van der Waals surface area contributed by atoms with Crippen LogP contribution in [0, 0.1) is 0 Å². The Labute approximate surface area is 205 Å². The number of hydrazone groups is 1. The summed E-state index contributed by atoms with van der Waals surface area (Å²) in [6.07, 6.45) is 1.50. The van der Waals surface area contributed by atoms with Crippen molar-refractivity contribution in [1.82, 2.24) is 20.2 Å². The molecule has 0 fully saturated rings. The van der Waals surface area contributed by atoms with Crippen molar-refractivity contribution in [1.29, 1.82) is 0 Å². The van der Waals surface area contributed by atoms with Gasteiger partial charge in [0, 0.05) is 16.3 Å². The monoisotopic (exact) mass is 493 g/mol. The maximum absolute atomic E-state index is 12.3. The van der Waals surface area contributed by atoms with Gasteiger partial charge in [-0.15, -0.1) is 10.2 Å². The molecule has 0 aliphatic carbocycles. The van der Waals surface area contributed by atoms with Gasteiger partial charge in [0.15, 0.2) is 11.0 Å². The largest absolute Gasteiger partial charge is 0.508 e. The molecule has 0 bridgehead atoms. The van der Waals surface area contributed by atoms with Crippen molar-refractivity contribution in [3.05, 3.63) is 83.4 Å². The second-order valence-corrected chi connectivity index (χ2v) is 8.40. The van der Waals surface area contributed by atoms with Crippen LogP contribution in [0.5, 0.6) is 11.5 Å². The lowest BCUT2D eigenvalue weighted by atomic mass is 10.2. The molecule has 0 spiro atoms. The van der Waals surface area contributed by atoms with Crippen molar-refractivity contribution >= 4 is 35.5 Å². The van der Waals surface area contributed by atoms with Crippen LogP contribution >= 0.6 is 23.4 Å². The Morgan fingerprint density at radius 1 is 1.09 bits per heavy atom. The molecule has 2 N–H and O–H groups in total. The third kappa shape index (κ3) is 5.75. The van der Waals surface area contributed by atoms with Crippen LogP contribution in [-0.4, -0.2) is 44.9 Å². The molecule has 0 radical (unpaired) electrons. The molecule has 1 aromatic heterocycles. The maximum atomic E-state index is 12.3. The predicted molar refractivity (Wildman–Crippen MR) is 133 cm³/mol. The first kappa shape index (κ1) is 23.3. The van der Waals surface area contributed by atoms with Gasteiger partial charge in [-0.2, -0.15) is 5.10 Å². The third-order valence-electron chi connectivity index (χ3n) is 4.69. The van der Waals surface area contributed by atoms with E-state index in [2.05, 4.69) is 20.7 Å². The molecule has 0 unspecified atom stereocenters. The zero-order chi connectivity index (χ0) is 23.9. The zero-order valence-corrected chi connectivity index (χ0v) is 19.6. The number of aromatic nitrogens is 3. The molecule has 34 heavy (non-hydrogen) atoms. The first-order valence-electron chi connectivity index (χ1n) is 10.1. The number of phenolic OH excluding ortho intramolecular Hbond substituents is 1. The molecule has 10 heteroatoms. The topological polar surface area (TPSA) is 102 Å². The molecule has 3 aromatic carbocycles. The van der Waals surface area contributed by atoms with Crippen LogP contribution in [0.15, 0.2) is 83.1 Å². The average molecular weight is 494 g/mol. The van der Waals surface area contributed by atoms with E-state index in [1.807, 2.05) is 41.0 Å². The van der Waals surface area contributed by atoms with Gasteiger partial charge < -0.3 is 9.84 Å². The minimum Gasteiger partial charge on any atom is -0.508 e. The Balaban J connectivity index is 1.51. The maximum Gasteiger partial charge on any atom is 0.250 e. The molecule has 8 nitrogen and oxygen atoms in total. The number of halogens is 1. The van der Waals surface area contributed by atoms with E-state index in [1.165, 1.54) is 18.0 Å². The molecule has 0 atom stereocenters. The number of benzene rings is 3. The highest BCUT2D eigenvalue weighted by molar-refractivity contribution is 7.99. The van der Waals surface area contributed by atoms with Crippen molar-refractivity contribution in [3.8, 4) is 28.6 Å². The van der Waals surface area contributed by atoms with Crippen LogP contribution in [0.1, 0.15) is 5.56 Å². The SMILES string of the molecule is COc1ccc(-c2nnc(SCC(=O)N/N=C\c3ccc(O)cc3)n2-c2ccc(Cl)cc2)cc1. The molecular weight excluding hydrogens is 474 g/mol. The number of aromatic hydroxyl groups is 1. The number of carbonyl (C=O) groups excluding carboxylic acids is 1. The Bertz CT molecular complexity index is 1290. The first-order valence-corrected chi connectivity index (χ1v) is 11.5. The van der Waals surface area contributed by atoms with Crippen molar-refractivity contribution in [2.45, 2.75) is 5.16 Å². The van der Waals surface area contributed by atoms with E-state index < -0.39 is 0 Å². The number of nitrogens with zero attached hydrogens (tertiary/aromatic N) is 4. The number of rotatable bonds is 8. The minimum absolute atomic E-state index is 0.0846. The van der Waals surface area contributed by atoms with E-state index in [4.69, 9.17) is 16.3 Å². The van der Waals surface area contributed by atoms with Crippen molar-refractivity contribution in [2.24, 2.45) is 5.10 Å². The summed E-state index contributed by atoms with van der Waals surface area (Å²) in [6, 6.07) is 21.3. The first-order chi connectivity index (χ1) is 16.5. The standard InChI is InChI=1S/C24H20ClN5O3S/c1-33-21-12-4-17(5-13-21)23-28-29-24(30(23)19-8-6-18(25)7-9-19)34-15-22(32)27-26-14-16-2-10-20(31)11-3-16/h2-14,31H,15H2,1H3,(H,27,32)/b26-14-. The number of thioether (sulfide) groups is 1. The number of hydrogen-bond donors (Lipinski definition) is 2. The quantitative estimate of drug-likeness (QED) is 0.212. The molecule has 4 rings (SSSR count). The molecule has 172 valence electrons. The van der Waals surface area contributed by atoms with Crippen LogP contribution < -0.4 is 10.2 Å². The summed E-state index contributed by atoms with van der Waals surface area (Å²) >= 11 is 7.31. The van der Waals surface area contributed by atoms with E-state index in [-0.39, 0.29) is 17.4 Å². The van der Waals surface area contributed by atoms with Gasteiger partial charge in [-0.1, -0.05) is 23.4 Å². The fourth-order valence-corrected chi connectivity index (χ4v) is 3.89. The normalized spacial score (nSPS) is 11.0. The number of hydrogen-bond acceptors (Lipinski definition) is 7. The Morgan fingerprint density at radius 3 is 2.47 bits per heavy atom. The lowest BCUT2D eigenvalue weighted by Gasteiger charge is -2.11. The molecule has 1 heterocycles. The van der Waals surface area contributed by atoms with E-state index in [9.17, 15) is 9.90 Å². The number of methoxy groups -OCH3 is 1. The second-order valence-electron chi connectivity index (χ2n) is 7.02. The number of amides is 1. The van der Waals surface area contributed by atoms with Crippen LogP contribution in [0.3, 0.4) is 0 Å². The van der Waals surface area contributed by atoms with Gasteiger partial charge >= 0.3 is 0 Å². The number of carbonyl (C=O) groups is 1. The second kappa shape index (κ2) is 10.9. The summed E-state index contributed by atoms with van der Waals surface area (Å²) in [6.45, 7) is 0. The fourth-order valence-electron chi connectivity index (χ4n) is 3.01. The van der Waals surface area contributed by atoms with Crippen molar-refractivity contribution in [2.75, 3.05) is 12.9 Å². The van der Waals surface area contributed by atoms with Crippen molar-refractivity contribution in [3.63, 3.8) is 0 Å². The zero-order valence-electron chi connectivity index (χ0n) is 18.1. The van der Waals surface area contributed by atoms with E-state index in [1.54, 1.807) is 43.5 Å². The van der Waals surface area contributed by atoms with Crippen LogP contribution in [0.2, 0.25) is 5.02 Å². The average Bonchev–Trinajstić information content (AvgIpc) is 3.28. The summed E-state index contributed by atoms with van der Waals surface area (Å²) < 4.78 is 7.11. The number of ether oxygens (including phenoxy) is 1. The summed E-state index contributed by atoms with van der Waals surface area (Å²) in [5.74, 6) is 1.31. The van der Waals surface area contributed by atoms with Crippen molar-refractivity contribution < 1.29 is 14.6 Å². The molecular formula is C24H20ClN5O3S. The van der Waals surface area contributed by atoms with Crippen LogP contribution in [0.4, 0.5) is 0 Å². The molecule has 1 amide bonds. The Morgan fingerprint density at radius 2 is 1.79 bits per heavy atom. The number of phenols is 1. The molecule has 0 saturated heterocycles.